The fourth-order valence-corrected chi connectivity index (χ4v) is 1.76. The van der Waals surface area contributed by atoms with Crippen molar-refractivity contribution in [1.29, 1.82) is 0 Å². The topological polar surface area (TPSA) is 29.3 Å². The summed E-state index contributed by atoms with van der Waals surface area (Å²) >= 11 is 10.7. The van der Waals surface area contributed by atoms with E-state index in [0.717, 1.165) is 0 Å². The first kappa shape index (κ1) is 13.1. The molecule has 0 spiro atoms. The average molecular weight is 265 g/mol. The van der Waals surface area contributed by atoms with Crippen LogP contribution >= 0.6 is 23.8 Å². The van der Waals surface area contributed by atoms with E-state index in [-0.39, 0.29) is 11.5 Å². The summed E-state index contributed by atoms with van der Waals surface area (Å²) in [5.41, 5.74) is 6.58. The smallest absolute Gasteiger partial charge is 0.255 e. The van der Waals surface area contributed by atoms with Crippen LogP contribution in [0.3, 0.4) is 0 Å². The first-order valence-corrected chi connectivity index (χ1v) is 5.29. The zero-order valence-electron chi connectivity index (χ0n) is 8.58. The summed E-state index contributed by atoms with van der Waals surface area (Å²) in [7, 11) is 1.57. The summed E-state index contributed by atoms with van der Waals surface area (Å²) in [5.74, 6) is 0. The zero-order valence-corrected chi connectivity index (χ0v) is 10.2. The van der Waals surface area contributed by atoms with Crippen molar-refractivity contribution in [1.82, 2.24) is 0 Å². The standard InChI is InChI=1S/C10H11ClF2N2S/c1-15(5-9(12)13)6-2-3-7(10(14)16)8(11)4-6/h2-4,9H,5H2,1H3,(H2,14,16). The molecule has 0 fully saturated rings. The van der Waals surface area contributed by atoms with E-state index in [4.69, 9.17) is 29.6 Å². The Kier molecular flexibility index (Phi) is 4.44. The second kappa shape index (κ2) is 5.41. The molecule has 6 heteroatoms. The van der Waals surface area contributed by atoms with Crippen LogP contribution in [0, 0.1) is 0 Å². The predicted molar refractivity (Wildman–Crippen MR) is 66.6 cm³/mol. The van der Waals surface area contributed by atoms with Gasteiger partial charge >= 0.3 is 0 Å². The van der Waals surface area contributed by atoms with E-state index in [1.54, 1.807) is 25.2 Å². The Labute approximate surface area is 103 Å². The van der Waals surface area contributed by atoms with Gasteiger partial charge in [-0.2, -0.15) is 0 Å². The Balaban J connectivity index is 2.92. The molecule has 1 rings (SSSR count). The molecule has 0 aromatic heterocycles. The number of alkyl halides is 2. The molecule has 0 atom stereocenters. The number of nitrogens with zero attached hydrogens (tertiary/aromatic N) is 1. The molecule has 0 saturated carbocycles. The van der Waals surface area contributed by atoms with Crippen molar-refractivity contribution in [2.24, 2.45) is 5.73 Å². The van der Waals surface area contributed by atoms with E-state index < -0.39 is 6.43 Å². The summed E-state index contributed by atoms with van der Waals surface area (Å²) in [6.45, 7) is -0.344. The van der Waals surface area contributed by atoms with Gasteiger partial charge in [-0.05, 0) is 18.2 Å². The molecule has 1 aromatic rings. The summed E-state index contributed by atoms with van der Waals surface area (Å²) < 4.78 is 24.3. The van der Waals surface area contributed by atoms with Crippen LogP contribution in [-0.2, 0) is 0 Å². The lowest BCUT2D eigenvalue weighted by Crippen LogP contribution is -2.24. The second-order valence-corrected chi connectivity index (χ2v) is 4.15. The van der Waals surface area contributed by atoms with Gasteiger partial charge < -0.3 is 10.6 Å². The number of hydrogen-bond acceptors (Lipinski definition) is 2. The SMILES string of the molecule is CN(CC(F)F)c1ccc(C(N)=S)c(Cl)c1. The van der Waals surface area contributed by atoms with Gasteiger partial charge in [0.25, 0.3) is 6.43 Å². The van der Waals surface area contributed by atoms with E-state index in [9.17, 15) is 8.78 Å². The summed E-state index contributed by atoms with van der Waals surface area (Å²) in [4.78, 5) is 1.60. The van der Waals surface area contributed by atoms with Crippen LogP contribution in [0.2, 0.25) is 5.02 Å². The minimum absolute atomic E-state index is 0.188. The number of rotatable bonds is 4. The maximum Gasteiger partial charge on any atom is 0.255 e. The van der Waals surface area contributed by atoms with Crippen LogP contribution in [0.15, 0.2) is 18.2 Å². The molecule has 2 N–H and O–H groups in total. The molecule has 0 aliphatic heterocycles. The third-order valence-corrected chi connectivity index (χ3v) is 2.60. The fourth-order valence-electron chi connectivity index (χ4n) is 1.25. The van der Waals surface area contributed by atoms with E-state index in [1.807, 2.05) is 0 Å². The Morgan fingerprint density at radius 2 is 2.19 bits per heavy atom. The van der Waals surface area contributed by atoms with Crippen molar-refractivity contribution in [3.63, 3.8) is 0 Å². The molecular formula is C10H11ClF2N2S. The Morgan fingerprint density at radius 3 is 2.62 bits per heavy atom. The van der Waals surface area contributed by atoms with E-state index >= 15 is 0 Å². The van der Waals surface area contributed by atoms with Gasteiger partial charge in [0, 0.05) is 18.3 Å². The summed E-state index contributed by atoms with van der Waals surface area (Å²) in [6, 6.07) is 4.85. The molecule has 88 valence electrons. The van der Waals surface area contributed by atoms with Gasteiger partial charge in [0.15, 0.2) is 0 Å². The summed E-state index contributed by atoms with van der Waals surface area (Å²) in [5, 5.41) is 0.367. The van der Waals surface area contributed by atoms with Crippen LogP contribution < -0.4 is 10.6 Å². The lowest BCUT2D eigenvalue weighted by atomic mass is 10.2. The Bertz CT molecular complexity index is 398. The van der Waals surface area contributed by atoms with Crippen LogP contribution in [0.4, 0.5) is 14.5 Å². The monoisotopic (exact) mass is 264 g/mol. The maximum atomic E-state index is 12.2. The Morgan fingerprint density at radius 1 is 1.56 bits per heavy atom. The molecule has 0 aliphatic carbocycles. The molecule has 0 heterocycles. The molecule has 0 bridgehead atoms. The van der Waals surface area contributed by atoms with Crippen molar-refractivity contribution in [3.05, 3.63) is 28.8 Å². The number of halogens is 3. The maximum absolute atomic E-state index is 12.2. The predicted octanol–water partition coefficient (Wildman–Crippen LogP) is 2.68. The van der Waals surface area contributed by atoms with Gasteiger partial charge in [-0.3, -0.25) is 0 Å². The Hall–Kier alpha value is -0.940. The van der Waals surface area contributed by atoms with Crippen molar-refractivity contribution in [2.75, 3.05) is 18.5 Å². The third kappa shape index (κ3) is 3.28. The molecule has 2 nitrogen and oxygen atoms in total. The van der Waals surface area contributed by atoms with Crippen LogP contribution in [0.25, 0.3) is 0 Å². The van der Waals surface area contributed by atoms with Gasteiger partial charge in [0.2, 0.25) is 0 Å². The highest BCUT2D eigenvalue weighted by Crippen LogP contribution is 2.23. The lowest BCUT2D eigenvalue weighted by Gasteiger charge is -2.19. The molecule has 0 aliphatic rings. The highest BCUT2D eigenvalue weighted by atomic mass is 35.5. The van der Waals surface area contributed by atoms with Crippen LogP contribution in [0.5, 0.6) is 0 Å². The molecule has 0 amide bonds. The molecule has 0 saturated heterocycles. The molecular weight excluding hydrogens is 254 g/mol. The van der Waals surface area contributed by atoms with E-state index in [1.165, 1.54) is 4.90 Å². The van der Waals surface area contributed by atoms with Gasteiger partial charge in [-0.25, -0.2) is 8.78 Å². The van der Waals surface area contributed by atoms with E-state index in [0.29, 0.717) is 16.3 Å². The number of anilines is 1. The van der Waals surface area contributed by atoms with E-state index in [2.05, 4.69) is 0 Å². The first-order chi connectivity index (χ1) is 7.41. The number of benzene rings is 1. The molecule has 1 aromatic carbocycles. The highest BCUT2D eigenvalue weighted by molar-refractivity contribution is 7.80. The highest BCUT2D eigenvalue weighted by Gasteiger charge is 2.11. The molecule has 0 unspecified atom stereocenters. The van der Waals surface area contributed by atoms with Crippen LogP contribution in [0.1, 0.15) is 5.56 Å². The fraction of sp³-hybridized carbons (Fsp3) is 0.300. The quantitative estimate of drug-likeness (QED) is 0.848. The normalized spacial score (nSPS) is 10.6. The molecule has 16 heavy (non-hydrogen) atoms. The largest absolute Gasteiger partial charge is 0.389 e. The van der Waals surface area contributed by atoms with Crippen molar-refractivity contribution in [2.45, 2.75) is 6.43 Å². The average Bonchev–Trinajstić information content (AvgIpc) is 2.15. The van der Waals surface area contributed by atoms with Crippen molar-refractivity contribution >= 4 is 34.5 Å². The first-order valence-electron chi connectivity index (χ1n) is 4.50. The second-order valence-electron chi connectivity index (χ2n) is 3.30. The van der Waals surface area contributed by atoms with Crippen molar-refractivity contribution in [3.8, 4) is 0 Å². The van der Waals surface area contributed by atoms with Gasteiger partial charge in [-0.15, -0.1) is 0 Å². The lowest BCUT2D eigenvalue weighted by molar-refractivity contribution is 0.156. The third-order valence-electron chi connectivity index (χ3n) is 2.07. The van der Waals surface area contributed by atoms with Crippen LogP contribution in [-0.4, -0.2) is 25.0 Å². The van der Waals surface area contributed by atoms with Gasteiger partial charge in [0.05, 0.1) is 11.6 Å². The minimum Gasteiger partial charge on any atom is -0.389 e. The van der Waals surface area contributed by atoms with Crippen molar-refractivity contribution < 1.29 is 8.78 Å². The zero-order chi connectivity index (χ0) is 12.3. The number of thiocarbonyl (C=S) groups is 1. The molecule has 0 radical (unpaired) electrons. The summed E-state index contributed by atoms with van der Waals surface area (Å²) in [6.07, 6.45) is -2.39. The minimum atomic E-state index is -2.39. The van der Waals surface area contributed by atoms with Gasteiger partial charge in [-0.1, -0.05) is 23.8 Å². The van der Waals surface area contributed by atoms with Gasteiger partial charge in [0.1, 0.15) is 4.99 Å². The number of hydrogen-bond donors (Lipinski definition) is 1. The number of nitrogens with two attached hydrogens (primary N) is 1.